The Bertz CT molecular complexity index is 439. The Morgan fingerprint density at radius 3 is 3.00 bits per heavy atom. The molecule has 0 saturated heterocycles. The number of ether oxygens (including phenoxy) is 2. The molecule has 0 radical (unpaired) electrons. The zero-order chi connectivity index (χ0) is 12.4. The minimum atomic E-state index is -0.864. The highest BCUT2D eigenvalue weighted by molar-refractivity contribution is 5.72. The Morgan fingerprint density at radius 1 is 1.59 bits per heavy atom. The normalized spacial score (nSPS) is 17.4. The van der Waals surface area contributed by atoms with E-state index in [1.807, 2.05) is 19.9 Å². The number of carboxylic acids is 1. The lowest BCUT2D eigenvalue weighted by molar-refractivity contribution is -0.136. The fraction of sp³-hybridized carbons (Fsp3) is 0.462. The fourth-order valence-electron chi connectivity index (χ4n) is 2.07. The van der Waals surface area contributed by atoms with Crippen LogP contribution >= 0.6 is 0 Å². The van der Waals surface area contributed by atoms with Crippen LogP contribution in [-0.2, 0) is 17.6 Å². The van der Waals surface area contributed by atoms with Gasteiger partial charge in [0.15, 0.2) is 0 Å². The molecule has 4 nitrogen and oxygen atoms in total. The predicted octanol–water partition coefficient (Wildman–Crippen LogP) is 2.04. The highest BCUT2D eigenvalue weighted by Gasteiger charge is 2.22. The van der Waals surface area contributed by atoms with Crippen LogP contribution in [0.5, 0.6) is 11.5 Å². The lowest BCUT2D eigenvalue weighted by Gasteiger charge is -2.11. The lowest BCUT2D eigenvalue weighted by Crippen LogP contribution is -2.05. The van der Waals surface area contributed by atoms with E-state index in [-0.39, 0.29) is 12.5 Å². The maximum atomic E-state index is 10.8. The Balaban J connectivity index is 2.36. The Hall–Kier alpha value is -1.71. The molecule has 0 aromatic heterocycles. The van der Waals surface area contributed by atoms with Gasteiger partial charge < -0.3 is 14.6 Å². The molecule has 0 aliphatic carbocycles. The van der Waals surface area contributed by atoms with Crippen LogP contribution in [0.25, 0.3) is 0 Å². The molecule has 1 atom stereocenters. The average Bonchev–Trinajstić information content (AvgIpc) is 2.57. The monoisotopic (exact) mass is 236 g/mol. The van der Waals surface area contributed by atoms with E-state index in [0.29, 0.717) is 17.9 Å². The molecule has 0 amide bonds. The third kappa shape index (κ3) is 2.52. The molecule has 0 spiro atoms. The summed E-state index contributed by atoms with van der Waals surface area (Å²) in [5.41, 5.74) is 1.77. The number of rotatable bonds is 4. The molecule has 0 bridgehead atoms. The second kappa shape index (κ2) is 4.65. The molecule has 1 N–H and O–H groups in total. The third-order valence-electron chi connectivity index (χ3n) is 2.72. The maximum Gasteiger partial charge on any atom is 0.307 e. The van der Waals surface area contributed by atoms with Crippen LogP contribution < -0.4 is 9.47 Å². The summed E-state index contributed by atoms with van der Waals surface area (Å²) < 4.78 is 11.1. The number of hydrogen-bond acceptors (Lipinski definition) is 3. The van der Waals surface area contributed by atoms with E-state index in [1.165, 1.54) is 0 Å². The number of benzene rings is 1. The molecule has 1 aliphatic heterocycles. The molecule has 1 aliphatic rings. The topological polar surface area (TPSA) is 55.8 Å². The zero-order valence-corrected chi connectivity index (χ0v) is 10.0. The van der Waals surface area contributed by atoms with Gasteiger partial charge in [0.2, 0.25) is 0 Å². The quantitative estimate of drug-likeness (QED) is 0.869. The number of fused-ring (bicyclic) bond motifs is 1. The van der Waals surface area contributed by atoms with Crippen LogP contribution in [0.2, 0.25) is 0 Å². The van der Waals surface area contributed by atoms with Crippen molar-refractivity contribution in [1.29, 1.82) is 0 Å². The van der Waals surface area contributed by atoms with E-state index in [0.717, 1.165) is 17.7 Å². The number of aliphatic carboxylic acids is 1. The Labute approximate surface area is 100 Å². The van der Waals surface area contributed by atoms with Crippen LogP contribution in [0.3, 0.4) is 0 Å². The fourth-order valence-corrected chi connectivity index (χ4v) is 2.07. The highest BCUT2D eigenvalue weighted by atomic mass is 16.5. The van der Waals surface area contributed by atoms with Crippen LogP contribution in [0.1, 0.15) is 25.0 Å². The second-order valence-corrected chi connectivity index (χ2v) is 4.20. The van der Waals surface area contributed by atoms with E-state index in [9.17, 15) is 4.79 Å². The molecule has 0 saturated carbocycles. The Kier molecular flexibility index (Phi) is 3.22. The first-order chi connectivity index (χ1) is 8.10. The van der Waals surface area contributed by atoms with Crippen LogP contribution in [-0.4, -0.2) is 23.8 Å². The van der Waals surface area contributed by atoms with E-state index in [4.69, 9.17) is 14.6 Å². The maximum absolute atomic E-state index is 10.8. The molecule has 0 fully saturated rings. The first-order valence-corrected chi connectivity index (χ1v) is 5.77. The summed E-state index contributed by atoms with van der Waals surface area (Å²) >= 11 is 0. The van der Waals surface area contributed by atoms with Gasteiger partial charge in [0.1, 0.15) is 17.6 Å². The lowest BCUT2D eigenvalue weighted by atomic mass is 10.0. The van der Waals surface area contributed by atoms with Gasteiger partial charge in [0, 0.05) is 17.5 Å². The molecule has 1 aromatic carbocycles. The number of carbonyl (C=O) groups is 1. The smallest absolute Gasteiger partial charge is 0.307 e. The minimum absolute atomic E-state index is 0.0413. The van der Waals surface area contributed by atoms with Gasteiger partial charge in [-0.25, -0.2) is 0 Å². The zero-order valence-electron chi connectivity index (χ0n) is 10.0. The summed E-state index contributed by atoms with van der Waals surface area (Å²) in [7, 11) is 0. The largest absolute Gasteiger partial charge is 0.494 e. The van der Waals surface area contributed by atoms with Crippen molar-refractivity contribution in [2.75, 3.05) is 6.61 Å². The molecular weight excluding hydrogens is 220 g/mol. The predicted molar refractivity (Wildman–Crippen MR) is 62.7 cm³/mol. The van der Waals surface area contributed by atoms with Gasteiger partial charge in [-0.2, -0.15) is 0 Å². The van der Waals surface area contributed by atoms with Crippen LogP contribution in [0.4, 0.5) is 0 Å². The van der Waals surface area contributed by atoms with Crippen molar-refractivity contribution in [2.45, 2.75) is 32.8 Å². The summed E-state index contributed by atoms with van der Waals surface area (Å²) in [6, 6.07) is 3.69. The molecule has 1 heterocycles. The molecule has 4 heteroatoms. The van der Waals surface area contributed by atoms with E-state index in [1.54, 1.807) is 6.07 Å². The van der Waals surface area contributed by atoms with Crippen molar-refractivity contribution in [3.8, 4) is 11.5 Å². The van der Waals surface area contributed by atoms with Gasteiger partial charge in [0.05, 0.1) is 13.0 Å². The molecule has 1 unspecified atom stereocenters. The second-order valence-electron chi connectivity index (χ2n) is 4.20. The standard InChI is InChI=1S/C13H16O4/c1-3-16-11-5-9-4-8(2)17-12(9)6-10(11)7-13(14)15/h5-6,8H,3-4,7H2,1-2H3,(H,14,15). The van der Waals surface area contributed by atoms with Gasteiger partial charge in [-0.3, -0.25) is 4.79 Å². The molecule has 1 aromatic rings. The van der Waals surface area contributed by atoms with Gasteiger partial charge in [0.25, 0.3) is 0 Å². The minimum Gasteiger partial charge on any atom is -0.494 e. The SMILES string of the molecule is CCOc1cc2c(cc1CC(=O)O)OC(C)C2. The van der Waals surface area contributed by atoms with Crippen molar-refractivity contribution in [3.05, 3.63) is 23.3 Å². The van der Waals surface area contributed by atoms with E-state index in [2.05, 4.69) is 0 Å². The van der Waals surface area contributed by atoms with E-state index < -0.39 is 5.97 Å². The van der Waals surface area contributed by atoms with Gasteiger partial charge >= 0.3 is 5.97 Å². The van der Waals surface area contributed by atoms with Gasteiger partial charge in [-0.15, -0.1) is 0 Å². The Morgan fingerprint density at radius 2 is 2.35 bits per heavy atom. The van der Waals surface area contributed by atoms with Crippen LogP contribution in [0, 0.1) is 0 Å². The molecule has 92 valence electrons. The summed E-state index contributed by atoms with van der Waals surface area (Å²) in [5, 5.41) is 8.86. The van der Waals surface area contributed by atoms with Crippen molar-refractivity contribution in [1.82, 2.24) is 0 Å². The summed E-state index contributed by atoms with van der Waals surface area (Å²) in [6.07, 6.45) is 0.961. The summed E-state index contributed by atoms with van der Waals surface area (Å²) in [6.45, 7) is 4.41. The van der Waals surface area contributed by atoms with Crippen molar-refractivity contribution < 1.29 is 19.4 Å². The van der Waals surface area contributed by atoms with Crippen molar-refractivity contribution in [2.24, 2.45) is 0 Å². The van der Waals surface area contributed by atoms with Crippen molar-refractivity contribution >= 4 is 5.97 Å². The van der Waals surface area contributed by atoms with E-state index >= 15 is 0 Å². The average molecular weight is 236 g/mol. The third-order valence-corrected chi connectivity index (χ3v) is 2.72. The summed E-state index contributed by atoms with van der Waals surface area (Å²) in [5.74, 6) is 0.584. The van der Waals surface area contributed by atoms with Gasteiger partial charge in [-0.05, 0) is 26.0 Å². The first-order valence-electron chi connectivity index (χ1n) is 5.77. The highest BCUT2D eigenvalue weighted by Crippen LogP contribution is 2.35. The molecule has 2 rings (SSSR count). The van der Waals surface area contributed by atoms with Crippen molar-refractivity contribution in [3.63, 3.8) is 0 Å². The number of carboxylic acid groups (broad SMARTS) is 1. The van der Waals surface area contributed by atoms with Crippen LogP contribution in [0.15, 0.2) is 12.1 Å². The molecule has 17 heavy (non-hydrogen) atoms. The summed E-state index contributed by atoms with van der Waals surface area (Å²) in [4.78, 5) is 10.8. The molecular formula is C13H16O4. The van der Waals surface area contributed by atoms with Gasteiger partial charge in [-0.1, -0.05) is 0 Å². The number of hydrogen-bond donors (Lipinski definition) is 1. The first kappa shape index (κ1) is 11.8.